The summed E-state index contributed by atoms with van der Waals surface area (Å²) in [7, 11) is 0. The zero-order valence-corrected chi connectivity index (χ0v) is 17.3. The molecule has 1 aliphatic carbocycles. The SMILES string of the molecule is Cc1ccc(-n2nc(C)c(C3C=CC(NC(=O)NC(C)C)C3)c2C)cc1Cl. The van der Waals surface area contributed by atoms with E-state index in [2.05, 4.69) is 29.7 Å². The molecule has 2 amide bonds. The summed E-state index contributed by atoms with van der Waals surface area (Å²) in [5, 5.41) is 11.4. The summed E-state index contributed by atoms with van der Waals surface area (Å²) in [6, 6.07) is 6.02. The fourth-order valence-corrected chi connectivity index (χ4v) is 3.82. The van der Waals surface area contributed by atoms with Gasteiger partial charge in [-0.1, -0.05) is 29.8 Å². The first-order valence-corrected chi connectivity index (χ1v) is 9.72. The highest BCUT2D eigenvalue weighted by Gasteiger charge is 2.27. The van der Waals surface area contributed by atoms with Crippen LogP contribution in [0.2, 0.25) is 5.02 Å². The van der Waals surface area contributed by atoms with E-state index in [1.807, 2.05) is 50.6 Å². The van der Waals surface area contributed by atoms with Gasteiger partial charge in [0.05, 0.1) is 11.4 Å². The molecule has 2 unspecified atom stereocenters. The van der Waals surface area contributed by atoms with Gasteiger partial charge in [-0.25, -0.2) is 9.48 Å². The third-order valence-electron chi connectivity index (χ3n) is 4.94. The molecule has 2 aromatic rings. The Morgan fingerprint density at radius 1 is 1.26 bits per heavy atom. The van der Waals surface area contributed by atoms with Crippen molar-refractivity contribution in [1.82, 2.24) is 20.4 Å². The number of benzene rings is 1. The van der Waals surface area contributed by atoms with Gasteiger partial charge in [-0.3, -0.25) is 0 Å². The van der Waals surface area contributed by atoms with Gasteiger partial charge in [-0.05, 0) is 58.7 Å². The monoisotopic (exact) mass is 386 g/mol. The first kappa shape index (κ1) is 19.5. The first-order chi connectivity index (χ1) is 12.8. The van der Waals surface area contributed by atoms with E-state index in [4.69, 9.17) is 16.7 Å². The second kappa shape index (κ2) is 7.77. The summed E-state index contributed by atoms with van der Waals surface area (Å²) in [5.74, 6) is 0.240. The lowest BCUT2D eigenvalue weighted by Gasteiger charge is -2.16. The van der Waals surface area contributed by atoms with Crippen molar-refractivity contribution in [2.75, 3.05) is 0 Å². The lowest BCUT2D eigenvalue weighted by atomic mass is 9.96. The lowest BCUT2D eigenvalue weighted by molar-refractivity contribution is 0.236. The number of carbonyl (C=O) groups excluding carboxylic acids is 1. The zero-order chi connectivity index (χ0) is 19.7. The fourth-order valence-electron chi connectivity index (χ4n) is 3.65. The van der Waals surface area contributed by atoms with Crippen LogP contribution < -0.4 is 10.6 Å². The maximum Gasteiger partial charge on any atom is 0.315 e. The maximum atomic E-state index is 11.9. The predicted octanol–water partition coefficient (Wildman–Crippen LogP) is 4.57. The van der Waals surface area contributed by atoms with Gasteiger partial charge in [0.15, 0.2) is 0 Å². The van der Waals surface area contributed by atoms with Crippen LogP contribution in [0, 0.1) is 20.8 Å². The number of carbonyl (C=O) groups is 1. The molecule has 3 rings (SSSR count). The van der Waals surface area contributed by atoms with E-state index in [0.717, 1.165) is 34.1 Å². The van der Waals surface area contributed by atoms with Crippen molar-refractivity contribution in [2.45, 2.75) is 59.0 Å². The van der Waals surface area contributed by atoms with Crippen molar-refractivity contribution < 1.29 is 4.79 Å². The molecule has 6 heteroatoms. The molecule has 5 nitrogen and oxygen atoms in total. The molecule has 0 saturated carbocycles. The van der Waals surface area contributed by atoms with Crippen LogP contribution in [0.15, 0.2) is 30.4 Å². The maximum absolute atomic E-state index is 11.9. The Balaban J connectivity index is 1.79. The summed E-state index contributed by atoms with van der Waals surface area (Å²) in [5.41, 5.74) is 5.34. The number of rotatable bonds is 4. The number of allylic oxidation sites excluding steroid dienone is 1. The van der Waals surface area contributed by atoms with Crippen molar-refractivity contribution in [3.05, 3.63) is 57.9 Å². The molecule has 2 N–H and O–H groups in total. The average molecular weight is 387 g/mol. The van der Waals surface area contributed by atoms with Crippen molar-refractivity contribution >= 4 is 17.6 Å². The normalized spacial score (nSPS) is 18.9. The van der Waals surface area contributed by atoms with Gasteiger partial charge < -0.3 is 10.6 Å². The van der Waals surface area contributed by atoms with Crippen molar-refractivity contribution in [3.63, 3.8) is 0 Å². The number of hydrogen-bond acceptors (Lipinski definition) is 2. The largest absolute Gasteiger partial charge is 0.336 e. The Labute approximate surface area is 165 Å². The molecular formula is C21H27ClN4O. The number of aryl methyl sites for hydroxylation is 2. The fraction of sp³-hybridized carbons (Fsp3) is 0.429. The molecule has 0 saturated heterocycles. The van der Waals surface area contributed by atoms with E-state index in [0.29, 0.717) is 0 Å². The molecule has 144 valence electrons. The molecule has 27 heavy (non-hydrogen) atoms. The minimum atomic E-state index is -0.126. The number of urea groups is 1. The topological polar surface area (TPSA) is 59.0 Å². The summed E-state index contributed by atoms with van der Waals surface area (Å²) in [6.45, 7) is 10.0. The lowest BCUT2D eigenvalue weighted by Crippen LogP contribution is -2.43. The van der Waals surface area contributed by atoms with Crippen LogP contribution in [0.1, 0.15) is 48.7 Å². The third-order valence-corrected chi connectivity index (χ3v) is 5.35. The Morgan fingerprint density at radius 2 is 2.00 bits per heavy atom. The van der Waals surface area contributed by atoms with E-state index in [1.54, 1.807) is 0 Å². The summed E-state index contributed by atoms with van der Waals surface area (Å²) in [6.07, 6.45) is 5.08. The van der Waals surface area contributed by atoms with Crippen molar-refractivity contribution in [2.24, 2.45) is 0 Å². The number of halogens is 1. The molecular weight excluding hydrogens is 360 g/mol. The van der Waals surface area contributed by atoms with Crippen LogP contribution in [0.4, 0.5) is 4.79 Å². The van der Waals surface area contributed by atoms with Gasteiger partial charge >= 0.3 is 6.03 Å². The van der Waals surface area contributed by atoms with Gasteiger partial charge in [-0.2, -0.15) is 5.10 Å². The molecule has 0 radical (unpaired) electrons. The number of aromatic nitrogens is 2. The highest BCUT2D eigenvalue weighted by molar-refractivity contribution is 6.31. The molecule has 1 heterocycles. The highest BCUT2D eigenvalue weighted by atomic mass is 35.5. The standard InChI is InChI=1S/C21H27ClN4O/c1-12(2)23-21(27)24-17-8-7-16(10-17)20-14(4)25-26(15(20)5)18-9-6-13(3)19(22)11-18/h6-9,11-12,16-17H,10H2,1-5H3,(H2,23,24,27). The molecule has 1 aliphatic rings. The van der Waals surface area contributed by atoms with Crippen molar-refractivity contribution in [3.8, 4) is 5.69 Å². The summed E-state index contributed by atoms with van der Waals surface area (Å²) in [4.78, 5) is 11.9. The van der Waals surface area contributed by atoms with E-state index in [9.17, 15) is 4.79 Å². The van der Waals surface area contributed by atoms with Gasteiger partial charge in [0.1, 0.15) is 0 Å². The summed E-state index contributed by atoms with van der Waals surface area (Å²) >= 11 is 6.29. The Morgan fingerprint density at radius 3 is 2.67 bits per heavy atom. The smallest absolute Gasteiger partial charge is 0.315 e. The quantitative estimate of drug-likeness (QED) is 0.756. The number of nitrogens with one attached hydrogen (secondary N) is 2. The minimum Gasteiger partial charge on any atom is -0.336 e. The van der Waals surface area contributed by atoms with Crippen LogP contribution >= 0.6 is 11.6 Å². The molecule has 2 atom stereocenters. The van der Waals surface area contributed by atoms with Gasteiger partial charge in [0, 0.05) is 34.3 Å². The molecule has 0 bridgehead atoms. The molecule has 1 aromatic carbocycles. The predicted molar refractivity (Wildman–Crippen MR) is 110 cm³/mol. The van der Waals surface area contributed by atoms with Crippen LogP contribution in [0.3, 0.4) is 0 Å². The Hall–Kier alpha value is -2.27. The first-order valence-electron chi connectivity index (χ1n) is 9.34. The van der Waals surface area contributed by atoms with Gasteiger partial charge in [0.2, 0.25) is 0 Å². The minimum absolute atomic E-state index is 0.0321. The van der Waals surface area contributed by atoms with Crippen LogP contribution in [-0.4, -0.2) is 27.9 Å². The number of hydrogen-bond donors (Lipinski definition) is 2. The third kappa shape index (κ3) is 4.19. The Kier molecular flexibility index (Phi) is 5.61. The second-order valence-electron chi connectivity index (χ2n) is 7.54. The molecule has 0 spiro atoms. The van der Waals surface area contributed by atoms with Crippen LogP contribution in [0.25, 0.3) is 5.69 Å². The molecule has 1 aromatic heterocycles. The van der Waals surface area contributed by atoms with E-state index in [-0.39, 0.29) is 24.0 Å². The van der Waals surface area contributed by atoms with E-state index in [1.165, 1.54) is 5.56 Å². The van der Waals surface area contributed by atoms with Crippen LogP contribution in [-0.2, 0) is 0 Å². The van der Waals surface area contributed by atoms with Crippen molar-refractivity contribution in [1.29, 1.82) is 0 Å². The average Bonchev–Trinajstić information content (AvgIpc) is 3.13. The Bertz CT molecular complexity index is 885. The van der Waals surface area contributed by atoms with E-state index >= 15 is 0 Å². The number of amides is 2. The molecule has 0 aliphatic heterocycles. The number of nitrogens with zero attached hydrogens (tertiary/aromatic N) is 2. The van der Waals surface area contributed by atoms with Gasteiger partial charge in [0.25, 0.3) is 0 Å². The van der Waals surface area contributed by atoms with Gasteiger partial charge in [-0.15, -0.1) is 0 Å². The highest BCUT2D eigenvalue weighted by Crippen LogP contribution is 2.34. The molecule has 0 fully saturated rings. The van der Waals surface area contributed by atoms with Crippen LogP contribution in [0.5, 0.6) is 0 Å². The second-order valence-corrected chi connectivity index (χ2v) is 7.94. The zero-order valence-electron chi connectivity index (χ0n) is 16.5. The summed E-state index contributed by atoms with van der Waals surface area (Å²) < 4.78 is 1.95. The van der Waals surface area contributed by atoms with E-state index < -0.39 is 0 Å².